The topological polar surface area (TPSA) is 66.4 Å². The molecule has 1 aromatic carbocycles. The molecule has 2 N–H and O–H groups in total. The van der Waals surface area contributed by atoms with Gasteiger partial charge < -0.3 is 10.4 Å². The molecule has 6 heteroatoms. The fourth-order valence-corrected chi connectivity index (χ4v) is 3.18. The molecule has 0 aliphatic heterocycles. The number of carbonyl (C=O) groups is 2. The Kier molecular flexibility index (Phi) is 5.94. The van der Waals surface area contributed by atoms with Crippen molar-refractivity contribution in [2.75, 3.05) is 5.75 Å². The second-order valence-electron chi connectivity index (χ2n) is 5.17. The van der Waals surface area contributed by atoms with Crippen molar-refractivity contribution < 1.29 is 14.7 Å². The van der Waals surface area contributed by atoms with Gasteiger partial charge in [-0.1, -0.05) is 36.6 Å². The van der Waals surface area contributed by atoms with Crippen LogP contribution in [0.4, 0.5) is 0 Å². The molecule has 4 nitrogen and oxygen atoms in total. The Balaban J connectivity index is 1.73. The van der Waals surface area contributed by atoms with Crippen LogP contribution in [0.25, 0.3) is 0 Å². The molecule has 1 amide bonds. The SMILES string of the molecule is O=C(CCSc1ccccc1Cl)NC(CC1CC1)C(=O)O. The number of benzene rings is 1. The summed E-state index contributed by atoms with van der Waals surface area (Å²) >= 11 is 7.53. The van der Waals surface area contributed by atoms with Gasteiger partial charge in [-0.05, 0) is 24.5 Å². The van der Waals surface area contributed by atoms with Gasteiger partial charge in [-0.2, -0.15) is 0 Å². The molecule has 114 valence electrons. The number of aliphatic carboxylic acids is 1. The van der Waals surface area contributed by atoms with Crippen molar-refractivity contribution in [2.24, 2.45) is 5.92 Å². The van der Waals surface area contributed by atoms with Crippen LogP contribution in [0.15, 0.2) is 29.2 Å². The number of rotatable bonds is 8. The van der Waals surface area contributed by atoms with Crippen molar-refractivity contribution in [3.05, 3.63) is 29.3 Å². The zero-order valence-corrected chi connectivity index (χ0v) is 13.1. The Hall–Kier alpha value is -1.20. The monoisotopic (exact) mass is 327 g/mol. The minimum absolute atomic E-state index is 0.220. The molecule has 1 aliphatic carbocycles. The first-order valence-corrected chi connectivity index (χ1v) is 8.32. The van der Waals surface area contributed by atoms with Crippen molar-refractivity contribution in [1.29, 1.82) is 0 Å². The third-order valence-corrected chi connectivity index (χ3v) is 4.84. The molecule has 0 spiro atoms. The molecule has 0 radical (unpaired) electrons. The maximum absolute atomic E-state index is 11.8. The Morgan fingerprint density at radius 2 is 2.10 bits per heavy atom. The summed E-state index contributed by atoms with van der Waals surface area (Å²) in [7, 11) is 0. The van der Waals surface area contributed by atoms with E-state index in [1.165, 1.54) is 11.8 Å². The van der Waals surface area contributed by atoms with E-state index in [9.17, 15) is 9.59 Å². The quantitative estimate of drug-likeness (QED) is 0.720. The Morgan fingerprint density at radius 1 is 1.38 bits per heavy atom. The van der Waals surface area contributed by atoms with E-state index in [4.69, 9.17) is 16.7 Å². The van der Waals surface area contributed by atoms with E-state index < -0.39 is 12.0 Å². The Labute approximate surface area is 133 Å². The number of nitrogens with one attached hydrogen (secondary N) is 1. The van der Waals surface area contributed by atoms with Gasteiger partial charge in [0.1, 0.15) is 6.04 Å². The molecule has 1 aliphatic rings. The summed E-state index contributed by atoms with van der Waals surface area (Å²) in [6, 6.07) is 6.70. The summed E-state index contributed by atoms with van der Waals surface area (Å²) in [4.78, 5) is 23.8. The van der Waals surface area contributed by atoms with Crippen LogP contribution < -0.4 is 5.32 Å². The van der Waals surface area contributed by atoms with Crippen LogP contribution in [0.3, 0.4) is 0 Å². The predicted molar refractivity (Wildman–Crippen MR) is 83.7 cm³/mol. The van der Waals surface area contributed by atoms with Crippen LogP contribution in [-0.4, -0.2) is 28.8 Å². The van der Waals surface area contributed by atoms with Gasteiger partial charge in [0.15, 0.2) is 0 Å². The average molecular weight is 328 g/mol. The molecule has 0 saturated heterocycles. The number of thioether (sulfide) groups is 1. The third kappa shape index (κ3) is 5.59. The van der Waals surface area contributed by atoms with Crippen molar-refractivity contribution in [3.8, 4) is 0 Å². The zero-order chi connectivity index (χ0) is 15.2. The molecule has 0 heterocycles. The van der Waals surface area contributed by atoms with Crippen LogP contribution in [0, 0.1) is 5.92 Å². The maximum atomic E-state index is 11.8. The molecular weight excluding hydrogens is 310 g/mol. The summed E-state index contributed by atoms with van der Waals surface area (Å²) in [6.45, 7) is 0. The lowest BCUT2D eigenvalue weighted by Gasteiger charge is -2.14. The van der Waals surface area contributed by atoms with Gasteiger partial charge in [-0.3, -0.25) is 4.79 Å². The third-order valence-electron chi connectivity index (χ3n) is 3.32. The van der Waals surface area contributed by atoms with Crippen molar-refractivity contribution in [1.82, 2.24) is 5.32 Å². The number of carboxylic acid groups (broad SMARTS) is 1. The molecule has 0 aromatic heterocycles. The lowest BCUT2D eigenvalue weighted by atomic mass is 10.1. The lowest BCUT2D eigenvalue weighted by molar-refractivity contribution is -0.142. The van der Waals surface area contributed by atoms with Gasteiger partial charge in [-0.25, -0.2) is 4.79 Å². The molecule has 1 atom stereocenters. The summed E-state index contributed by atoms with van der Waals surface area (Å²) in [6.07, 6.45) is 2.97. The van der Waals surface area contributed by atoms with Gasteiger partial charge in [0, 0.05) is 17.1 Å². The van der Waals surface area contributed by atoms with Crippen LogP contribution >= 0.6 is 23.4 Å². The number of halogens is 1. The first-order valence-electron chi connectivity index (χ1n) is 6.95. The zero-order valence-electron chi connectivity index (χ0n) is 11.5. The average Bonchev–Trinajstić information content (AvgIpc) is 3.24. The summed E-state index contributed by atoms with van der Waals surface area (Å²) in [5, 5.41) is 12.4. The normalized spacial score (nSPS) is 15.5. The lowest BCUT2D eigenvalue weighted by Crippen LogP contribution is -2.41. The highest BCUT2D eigenvalue weighted by atomic mass is 35.5. The first kappa shape index (κ1) is 16.2. The number of amides is 1. The molecule has 2 rings (SSSR count). The largest absolute Gasteiger partial charge is 0.480 e. The van der Waals surface area contributed by atoms with Gasteiger partial charge in [0.05, 0.1) is 5.02 Å². The second-order valence-corrected chi connectivity index (χ2v) is 6.71. The van der Waals surface area contributed by atoms with Crippen LogP contribution in [-0.2, 0) is 9.59 Å². The molecule has 1 fully saturated rings. The number of carbonyl (C=O) groups excluding carboxylic acids is 1. The molecular formula is C15H18ClNO3S. The van der Waals surface area contributed by atoms with Crippen molar-refractivity contribution >= 4 is 35.2 Å². The minimum atomic E-state index is -0.950. The van der Waals surface area contributed by atoms with E-state index in [0.29, 0.717) is 23.1 Å². The second kappa shape index (κ2) is 7.71. The van der Waals surface area contributed by atoms with Crippen LogP contribution in [0.2, 0.25) is 5.02 Å². The minimum Gasteiger partial charge on any atom is -0.480 e. The fraction of sp³-hybridized carbons (Fsp3) is 0.467. The Morgan fingerprint density at radius 3 is 2.71 bits per heavy atom. The highest BCUT2D eigenvalue weighted by Crippen LogP contribution is 2.33. The maximum Gasteiger partial charge on any atom is 0.326 e. The molecule has 1 aromatic rings. The summed E-state index contributed by atoms with van der Waals surface area (Å²) in [5.74, 6) is -0.133. The molecule has 1 unspecified atom stereocenters. The van der Waals surface area contributed by atoms with Gasteiger partial charge in [0.2, 0.25) is 5.91 Å². The Bertz CT molecular complexity index is 519. The summed E-state index contributed by atoms with van der Waals surface area (Å²) < 4.78 is 0. The highest BCUT2D eigenvalue weighted by molar-refractivity contribution is 7.99. The van der Waals surface area contributed by atoms with E-state index in [2.05, 4.69) is 5.32 Å². The predicted octanol–water partition coefficient (Wildman–Crippen LogP) is 3.19. The van der Waals surface area contributed by atoms with Crippen molar-refractivity contribution in [2.45, 2.75) is 36.6 Å². The smallest absolute Gasteiger partial charge is 0.326 e. The number of carboxylic acids is 1. The van der Waals surface area contributed by atoms with E-state index in [-0.39, 0.29) is 12.3 Å². The fourth-order valence-electron chi connectivity index (χ4n) is 1.99. The van der Waals surface area contributed by atoms with Gasteiger partial charge in [-0.15, -0.1) is 11.8 Å². The first-order chi connectivity index (χ1) is 10.1. The highest BCUT2D eigenvalue weighted by Gasteiger charge is 2.29. The van der Waals surface area contributed by atoms with E-state index in [0.717, 1.165) is 17.7 Å². The standard InChI is InChI=1S/C15H18ClNO3S/c16-11-3-1-2-4-13(11)21-8-7-14(18)17-12(15(19)20)9-10-5-6-10/h1-4,10,12H,5-9H2,(H,17,18)(H,19,20). The molecule has 0 bridgehead atoms. The van der Waals surface area contributed by atoms with E-state index >= 15 is 0 Å². The molecule has 21 heavy (non-hydrogen) atoms. The van der Waals surface area contributed by atoms with Gasteiger partial charge in [0.25, 0.3) is 0 Å². The summed E-state index contributed by atoms with van der Waals surface area (Å²) in [5.41, 5.74) is 0. The van der Waals surface area contributed by atoms with Crippen LogP contribution in [0.1, 0.15) is 25.7 Å². The molecule has 1 saturated carbocycles. The van der Waals surface area contributed by atoms with E-state index in [1.54, 1.807) is 6.07 Å². The number of hydrogen-bond acceptors (Lipinski definition) is 3. The van der Waals surface area contributed by atoms with Crippen LogP contribution in [0.5, 0.6) is 0 Å². The van der Waals surface area contributed by atoms with E-state index in [1.807, 2.05) is 18.2 Å². The number of hydrogen-bond donors (Lipinski definition) is 2. The van der Waals surface area contributed by atoms with Crippen molar-refractivity contribution in [3.63, 3.8) is 0 Å². The van der Waals surface area contributed by atoms with Gasteiger partial charge >= 0.3 is 5.97 Å².